The summed E-state index contributed by atoms with van der Waals surface area (Å²) in [7, 11) is -3.79. The van der Waals surface area contributed by atoms with Crippen LogP contribution in [0.5, 0.6) is 11.5 Å². The fourth-order valence-corrected chi connectivity index (χ4v) is 6.34. The van der Waals surface area contributed by atoms with Crippen molar-refractivity contribution in [1.29, 1.82) is 0 Å². The first-order valence-electron chi connectivity index (χ1n) is 11.6. The highest BCUT2D eigenvalue weighted by atomic mass is 32.2. The van der Waals surface area contributed by atoms with Crippen LogP contribution < -0.4 is 9.47 Å². The molecule has 8 nitrogen and oxygen atoms in total. The Labute approximate surface area is 198 Å². The maximum atomic E-state index is 13.5. The number of ether oxygens (including phenoxy) is 2. The van der Waals surface area contributed by atoms with Crippen molar-refractivity contribution >= 4 is 15.9 Å². The van der Waals surface area contributed by atoms with Crippen molar-refractivity contribution in [2.45, 2.75) is 23.8 Å². The largest absolute Gasteiger partial charge is 0.486 e. The number of fused-ring (bicyclic) bond motifs is 1. The zero-order valence-electron chi connectivity index (χ0n) is 18.9. The van der Waals surface area contributed by atoms with Crippen molar-refractivity contribution in [1.82, 2.24) is 14.1 Å². The summed E-state index contributed by atoms with van der Waals surface area (Å²) in [6.45, 7) is 3.21. The average molecular weight is 490 g/mol. The summed E-state index contributed by atoms with van der Waals surface area (Å²) in [5.74, 6) is 0.902. The Morgan fingerprint density at radius 2 is 1.74 bits per heavy atom. The number of hydrogen-bond acceptors (Lipinski definition) is 6. The van der Waals surface area contributed by atoms with Crippen LogP contribution in [0.15, 0.2) is 47.4 Å². The van der Waals surface area contributed by atoms with Crippen LogP contribution in [-0.4, -0.2) is 80.9 Å². The van der Waals surface area contributed by atoms with Gasteiger partial charge in [-0.3, -0.25) is 9.69 Å². The number of likely N-dealkylation sites (tertiary alicyclic amines) is 1. The number of benzene rings is 2. The molecule has 182 valence electrons. The summed E-state index contributed by atoms with van der Waals surface area (Å²) in [6.07, 6.45) is 1.97. The average Bonchev–Trinajstić information content (AvgIpc) is 3.32. The van der Waals surface area contributed by atoms with Crippen molar-refractivity contribution in [2.24, 2.45) is 0 Å². The van der Waals surface area contributed by atoms with Crippen LogP contribution in [0.1, 0.15) is 24.4 Å². The van der Waals surface area contributed by atoms with E-state index in [1.807, 2.05) is 18.2 Å². The molecule has 3 aliphatic rings. The lowest BCUT2D eigenvalue weighted by atomic mass is 10.0. The number of carbonyl (C=O) groups excluding carboxylic acids is 1. The molecule has 10 heteroatoms. The van der Waals surface area contributed by atoms with E-state index in [-0.39, 0.29) is 36.5 Å². The Morgan fingerprint density at radius 3 is 2.50 bits per heavy atom. The van der Waals surface area contributed by atoms with Crippen molar-refractivity contribution in [3.63, 3.8) is 0 Å². The molecule has 3 aliphatic heterocycles. The van der Waals surface area contributed by atoms with E-state index in [9.17, 15) is 17.6 Å². The standard InChI is InChI=1S/C24H28FN3O5S/c25-19-3-1-4-20(16-19)34(30,31)28-11-9-26(10-12-28)24(29)17-27-8-2-5-21(27)18-6-7-22-23(15-18)33-14-13-32-22/h1,3-4,6-7,15-16,21H,2,5,8-14,17H2/t21-/m1/s1. The van der Waals surface area contributed by atoms with E-state index in [0.717, 1.165) is 42.5 Å². The molecule has 1 amide bonds. The van der Waals surface area contributed by atoms with Gasteiger partial charge in [-0.2, -0.15) is 4.31 Å². The Morgan fingerprint density at radius 1 is 0.971 bits per heavy atom. The van der Waals surface area contributed by atoms with E-state index in [2.05, 4.69) is 4.90 Å². The number of nitrogens with zero attached hydrogens (tertiary/aromatic N) is 3. The molecule has 2 aromatic rings. The van der Waals surface area contributed by atoms with Crippen LogP contribution >= 0.6 is 0 Å². The molecule has 1 atom stereocenters. The molecular weight excluding hydrogens is 461 g/mol. The van der Waals surface area contributed by atoms with Gasteiger partial charge in [0.1, 0.15) is 19.0 Å². The van der Waals surface area contributed by atoms with E-state index in [1.54, 1.807) is 4.90 Å². The molecule has 5 rings (SSSR count). The summed E-state index contributed by atoms with van der Waals surface area (Å²) >= 11 is 0. The zero-order chi connectivity index (χ0) is 23.7. The molecule has 0 saturated carbocycles. The van der Waals surface area contributed by atoms with Crippen LogP contribution in [0.2, 0.25) is 0 Å². The fourth-order valence-electron chi connectivity index (χ4n) is 4.89. The van der Waals surface area contributed by atoms with Gasteiger partial charge in [0.2, 0.25) is 15.9 Å². The van der Waals surface area contributed by atoms with Crippen LogP contribution in [0.3, 0.4) is 0 Å². The third kappa shape index (κ3) is 4.62. The normalized spacial score (nSPS) is 21.6. The maximum Gasteiger partial charge on any atom is 0.243 e. The number of piperazine rings is 1. The van der Waals surface area contributed by atoms with Gasteiger partial charge >= 0.3 is 0 Å². The highest BCUT2D eigenvalue weighted by molar-refractivity contribution is 7.89. The molecule has 34 heavy (non-hydrogen) atoms. The number of hydrogen-bond donors (Lipinski definition) is 0. The smallest absolute Gasteiger partial charge is 0.243 e. The third-order valence-electron chi connectivity index (χ3n) is 6.68. The molecule has 2 fully saturated rings. The number of rotatable bonds is 5. The summed E-state index contributed by atoms with van der Waals surface area (Å²) in [6, 6.07) is 11.1. The molecule has 0 aliphatic carbocycles. The van der Waals surface area contributed by atoms with Crippen molar-refractivity contribution < 1.29 is 27.1 Å². The SMILES string of the molecule is O=C(CN1CCC[C@@H]1c1ccc2c(c1)OCCO2)N1CCN(S(=O)(=O)c2cccc(F)c2)CC1. The minimum absolute atomic E-state index is 0.00718. The van der Waals surface area contributed by atoms with E-state index in [4.69, 9.17) is 9.47 Å². The maximum absolute atomic E-state index is 13.5. The molecule has 3 heterocycles. The molecule has 0 aromatic heterocycles. The van der Waals surface area contributed by atoms with Gasteiger partial charge in [-0.15, -0.1) is 0 Å². The first-order valence-corrected chi connectivity index (χ1v) is 13.0. The second-order valence-electron chi connectivity index (χ2n) is 8.77. The van der Waals surface area contributed by atoms with Crippen molar-refractivity contribution in [3.05, 3.63) is 53.8 Å². The topological polar surface area (TPSA) is 79.4 Å². The van der Waals surface area contributed by atoms with E-state index in [0.29, 0.717) is 26.3 Å². The third-order valence-corrected chi connectivity index (χ3v) is 8.57. The van der Waals surface area contributed by atoms with Gasteiger partial charge in [0.25, 0.3) is 0 Å². The molecule has 0 bridgehead atoms. The highest BCUT2D eigenvalue weighted by Gasteiger charge is 2.33. The lowest BCUT2D eigenvalue weighted by Gasteiger charge is -2.35. The van der Waals surface area contributed by atoms with E-state index < -0.39 is 15.8 Å². The monoisotopic (exact) mass is 489 g/mol. The number of halogens is 1. The Bertz CT molecular complexity index is 1170. The lowest BCUT2D eigenvalue weighted by molar-refractivity contribution is -0.133. The van der Waals surface area contributed by atoms with Crippen molar-refractivity contribution in [3.8, 4) is 11.5 Å². The summed E-state index contributed by atoms with van der Waals surface area (Å²) in [5.41, 5.74) is 1.11. The van der Waals surface area contributed by atoms with Crippen LogP contribution in [0, 0.1) is 5.82 Å². The van der Waals surface area contributed by atoms with Gasteiger partial charge in [-0.05, 0) is 55.3 Å². The van der Waals surface area contributed by atoms with Gasteiger partial charge in [-0.1, -0.05) is 12.1 Å². The van der Waals surface area contributed by atoms with Crippen LogP contribution in [0.25, 0.3) is 0 Å². The first-order chi connectivity index (χ1) is 16.4. The summed E-state index contributed by atoms with van der Waals surface area (Å²) < 4.78 is 51.8. The van der Waals surface area contributed by atoms with Gasteiger partial charge in [0.15, 0.2) is 11.5 Å². The second kappa shape index (κ2) is 9.52. The Kier molecular flexibility index (Phi) is 6.46. The minimum Gasteiger partial charge on any atom is -0.486 e. The zero-order valence-corrected chi connectivity index (χ0v) is 19.7. The minimum atomic E-state index is -3.79. The summed E-state index contributed by atoms with van der Waals surface area (Å²) in [5, 5.41) is 0. The predicted octanol–water partition coefficient (Wildman–Crippen LogP) is 2.27. The first kappa shape index (κ1) is 23.1. The van der Waals surface area contributed by atoms with E-state index in [1.165, 1.54) is 22.5 Å². The molecule has 0 unspecified atom stereocenters. The van der Waals surface area contributed by atoms with Crippen LogP contribution in [0.4, 0.5) is 4.39 Å². The van der Waals surface area contributed by atoms with Crippen LogP contribution in [-0.2, 0) is 14.8 Å². The summed E-state index contributed by atoms with van der Waals surface area (Å²) in [4.78, 5) is 16.9. The van der Waals surface area contributed by atoms with E-state index >= 15 is 0 Å². The number of sulfonamides is 1. The quantitative estimate of drug-likeness (QED) is 0.641. The molecular formula is C24H28FN3O5S. The van der Waals surface area contributed by atoms with Gasteiger partial charge in [0.05, 0.1) is 11.4 Å². The Balaban J connectivity index is 1.20. The second-order valence-corrected chi connectivity index (χ2v) is 10.7. The lowest BCUT2D eigenvalue weighted by Crippen LogP contribution is -2.52. The van der Waals surface area contributed by atoms with Gasteiger partial charge in [-0.25, -0.2) is 12.8 Å². The number of amides is 1. The van der Waals surface area contributed by atoms with Gasteiger partial charge < -0.3 is 14.4 Å². The molecule has 2 saturated heterocycles. The predicted molar refractivity (Wildman–Crippen MR) is 123 cm³/mol. The Hall–Kier alpha value is -2.69. The molecule has 2 aromatic carbocycles. The molecule has 0 radical (unpaired) electrons. The number of carbonyl (C=O) groups is 1. The van der Waals surface area contributed by atoms with Gasteiger partial charge in [0, 0.05) is 32.2 Å². The molecule has 0 spiro atoms. The van der Waals surface area contributed by atoms with Crippen molar-refractivity contribution in [2.75, 3.05) is 52.5 Å². The molecule has 0 N–H and O–H groups in total. The fraction of sp³-hybridized carbons (Fsp3) is 0.458. The highest BCUT2D eigenvalue weighted by Crippen LogP contribution is 2.38.